The maximum atomic E-state index is 3.43. The summed E-state index contributed by atoms with van der Waals surface area (Å²) in [5.74, 6) is 0. The molecule has 1 aliphatic heterocycles. The second-order valence-electron chi connectivity index (χ2n) is 4.75. The van der Waals surface area contributed by atoms with Crippen LogP contribution < -0.4 is 5.32 Å². The highest BCUT2D eigenvalue weighted by molar-refractivity contribution is 4.63. The topological polar surface area (TPSA) is 15.3 Å². The van der Waals surface area contributed by atoms with Crippen LogP contribution in [0.3, 0.4) is 0 Å². The van der Waals surface area contributed by atoms with Gasteiger partial charge in [-0.15, -0.1) is 0 Å². The van der Waals surface area contributed by atoms with Crippen LogP contribution in [0, 0.1) is 0 Å². The Labute approximate surface area is 95.4 Å². The van der Waals surface area contributed by atoms with Crippen molar-refractivity contribution >= 4 is 0 Å². The number of nitrogens with zero attached hydrogens (tertiary/aromatic N) is 1. The minimum absolute atomic E-state index is 1.12. The van der Waals surface area contributed by atoms with Crippen molar-refractivity contribution in [2.75, 3.05) is 26.3 Å². The lowest BCUT2D eigenvalue weighted by molar-refractivity contribution is 0.211. The van der Waals surface area contributed by atoms with Gasteiger partial charge in [0.05, 0.1) is 0 Å². The van der Waals surface area contributed by atoms with Gasteiger partial charge in [0.1, 0.15) is 0 Å². The predicted octanol–water partition coefficient (Wildman–Crippen LogP) is 2.99. The lowest BCUT2D eigenvalue weighted by Crippen LogP contribution is -2.41. The maximum Gasteiger partial charge on any atom is 0.0480 e. The van der Waals surface area contributed by atoms with Crippen molar-refractivity contribution < 1.29 is 0 Å². The maximum absolute atomic E-state index is 3.43. The Hall–Kier alpha value is -0.0800. The highest BCUT2D eigenvalue weighted by Crippen LogP contribution is 2.08. The van der Waals surface area contributed by atoms with Crippen LogP contribution in [0.25, 0.3) is 0 Å². The minimum Gasteiger partial charge on any atom is -0.304 e. The first-order valence-corrected chi connectivity index (χ1v) is 6.86. The van der Waals surface area contributed by atoms with E-state index in [1.807, 2.05) is 0 Å². The molecule has 0 radical (unpaired) electrons. The molecule has 0 unspecified atom stereocenters. The zero-order valence-electron chi connectivity index (χ0n) is 10.4. The molecule has 0 amide bonds. The summed E-state index contributed by atoms with van der Waals surface area (Å²) >= 11 is 0. The number of nitrogens with one attached hydrogen (secondary N) is 1. The van der Waals surface area contributed by atoms with Crippen LogP contribution in [0.5, 0.6) is 0 Å². The fourth-order valence-electron chi connectivity index (χ4n) is 2.23. The van der Waals surface area contributed by atoms with E-state index >= 15 is 0 Å². The van der Waals surface area contributed by atoms with Crippen LogP contribution in [0.15, 0.2) is 0 Å². The first kappa shape index (κ1) is 13.0. The number of hydrogen-bond donors (Lipinski definition) is 1. The molecule has 0 aromatic carbocycles. The molecular formula is C13H28N2. The van der Waals surface area contributed by atoms with Crippen molar-refractivity contribution in [2.24, 2.45) is 0 Å². The van der Waals surface area contributed by atoms with Gasteiger partial charge in [0.2, 0.25) is 0 Å². The Kier molecular flexibility index (Phi) is 7.94. The van der Waals surface area contributed by atoms with Gasteiger partial charge in [-0.3, -0.25) is 4.90 Å². The zero-order chi connectivity index (χ0) is 10.8. The smallest absolute Gasteiger partial charge is 0.0480 e. The first-order chi connectivity index (χ1) is 7.43. The summed E-state index contributed by atoms with van der Waals surface area (Å²) in [6.07, 6.45) is 11.3. The van der Waals surface area contributed by atoms with E-state index in [-0.39, 0.29) is 0 Å². The van der Waals surface area contributed by atoms with Gasteiger partial charge < -0.3 is 5.32 Å². The molecule has 1 fully saturated rings. The third-order valence-corrected chi connectivity index (χ3v) is 3.24. The lowest BCUT2D eigenvalue weighted by atomic mass is 10.1. The Morgan fingerprint density at radius 3 is 2.40 bits per heavy atom. The van der Waals surface area contributed by atoms with Crippen LogP contribution in [0.4, 0.5) is 0 Å². The fraction of sp³-hybridized carbons (Fsp3) is 1.00. The zero-order valence-corrected chi connectivity index (χ0v) is 10.4. The molecule has 15 heavy (non-hydrogen) atoms. The largest absolute Gasteiger partial charge is 0.304 e. The molecule has 1 rings (SSSR count). The van der Waals surface area contributed by atoms with Crippen molar-refractivity contribution in [3.05, 3.63) is 0 Å². The van der Waals surface area contributed by atoms with E-state index in [9.17, 15) is 0 Å². The Bertz CT molecular complexity index is 130. The average Bonchev–Trinajstić information content (AvgIpc) is 2.29. The predicted molar refractivity (Wildman–Crippen MR) is 67.1 cm³/mol. The average molecular weight is 212 g/mol. The molecule has 1 aliphatic rings. The SMILES string of the molecule is CCCCCCCCCN1CCCNC1. The number of rotatable bonds is 8. The second-order valence-corrected chi connectivity index (χ2v) is 4.75. The molecule has 2 heteroatoms. The summed E-state index contributed by atoms with van der Waals surface area (Å²) in [6, 6.07) is 0. The molecule has 2 nitrogen and oxygen atoms in total. The first-order valence-electron chi connectivity index (χ1n) is 6.86. The van der Waals surface area contributed by atoms with E-state index in [0.29, 0.717) is 0 Å². The molecule has 0 saturated carbocycles. The Morgan fingerprint density at radius 2 is 1.73 bits per heavy atom. The molecule has 1 heterocycles. The summed E-state index contributed by atoms with van der Waals surface area (Å²) in [5.41, 5.74) is 0. The molecule has 0 bridgehead atoms. The van der Waals surface area contributed by atoms with Gasteiger partial charge >= 0.3 is 0 Å². The van der Waals surface area contributed by atoms with Crippen molar-refractivity contribution in [2.45, 2.75) is 58.3 Å². The van der Waals surface area contributed by atoms with Crippen molar-refractivity contribution in [3.8, 4) is 0 Å². The standard InChI is InChI=1S/C13H28N2/c1-2-3-4-5-6-7-8-11-15-12-9-10-14-13-15/h14H,2-13H2,1H3. The molecule has 90 valence electrons. The Morgan fingerprint density at radius 1 is 1.00 bits per heavy atom. The summed E-state index contributed by atoms with van der Waals surface area (Å²) < 4.78 is 0. The van der Waals surface area contributed by atoms with E-state index < -0.39 is 0 Å². The van der Waals surface area contributed by atoms with Gasteiger partial charge in [-0.2, -0.15) is 0 Å². The van der Waals surface area contributed by atoms with E-state index in [1.165, 1.54) is 71.0 Å². The van der Waals surface area contributed by atoms with Gasteiger partial charge in [0.15, 0.2) is 0 Å². The quantitative estimate of drug-likeness (QED) is 0.622. The fourth-order valence-corrected chi connectivity index (χ4v) is 2.23. The van der Waals surface area contributed by atoms with Gasteiger partial charge in [0.25, 0.3) is 0 Å². The minimum atomic E-state index is 1.12. The van der Waals surface area contributed by atoms with Crippen LogP contribution in [-0.4, -0.2) is 31.2 Å². The monoisotopic (exact) mass is 212 g/mol. The summed E-state index contributed by atoms with van der Waals surface area (Å²) in [5, 5.41) is 3.43. The molecule has 0 aromatic heterocycles. The van der Waals surface area contributed by atoms with Gasteiger partial charge in [-0.05, 0) is 25.9 Å². The molecule has 0 atom stereocenters. The van der Waals surface area contributed by atoms with E-state index in [0.717, 1.165) is 6.67 Å². The van der Waals surface area contributed by atoms with Crippen molar-refractivity contribution in [1.82, 2.24) is 10.2 Å². The van der Waals surface area contributed by atoms with Crippen LogP contribution in [-0.2, 0) is 0 Å². The summed E-state index contributed by atoms with van der Waals surface area (Å²) in [7, 11) is 0. The second kappa shape index (κ2) is 9.17. The van der Waals surface area contributed by atoms with Crippen molar-refractivity contribution in [1.29, 1.82) is 0 Å². The van der Waals surface area contributed by atoms with Crippen LogP contribution in [0.1, 0.15) is 58.3 Å². The normalized spacial score (nSPS) is 18.2. The van der Waals surface area contributed by atoms with E-state index in [4.69, 9.17) is 0 Å². The van der Waals surface area contributed by atoms with Gasteiger partial charge in [-0.1, -0.05) is 45.4 Å². The van der Waals surface area contributed by atoms with Gasteiger partial charge in [0, 0.05) is 13.2 Å². The number of unbranched alkanes of at least 4 members (excludes halogenated alkanes) is 6. The third kappa shape index (κ3) is 6.91. The van der Waals surface area contributed by atoms with Crippen LogP contribution >= 0.6 is 0 Å². The third-order valence-electron chi connectivity index (χ3n) is 3.24. The Balaban J connectivity index is 1.79. The number of hydrogen-bond acceptors (Lipinski definition) is 2. The molecule has 0 aromatic rings. The molecule has 1 N–H and O–H groups in total. The van der Waals surface area contributed by atoms with E-state index in [1.54, 1.807) is 0 Å². The molecular weight excluding hydrogens is 184 g/mol. The van der Waals surface area contributed by atoms with Crippen LogP contribution in [0.2, 0.25) is 0 Å². The summed E-state index contributed by atoms with van der Waals surface area (Å²) in [4.78, 5) is 2.55. The molecule has 0 spiro atoms. The highest BCUT2D eigenvalue weighted by atomic mass is 15.2. The van der Waals surface area contributed by atoms with E-state index in [2.05, 4.69) is 17.1 Å². The highest BCUT2D eigenvalue weighted by Gasteiger charge is 2.07. The lowest BCUT2D eigenvalue weighted by Gasteiger charge is -2.27. The summed E-state index contributed by atoms with van der Waals surface area (Å²) in [6.45, 7) is 7.23. The molecule has 1 saturated heterocycles. The van der Waals surface area contributed by atoms with Gasteiger partial charge in [-0.25, -0.2) is 0 Å². The molecule has 0 aliphatic carbocycles. The van der Waals surface area contributed by atoms with Crippen molar-refractivity contribution in [3.63, 3.8) is 0 Å².